The van der Waals surface area contributed by atoms with Crippen molar-refractivity contribution in [3.8, 4) is 0 Å². The summed E-state index contributed by atoms with van der Waals surface area (Å²) in [6.07, 6.45) is -1.86. The number of hydrogen-bond acceptors (Lipinski definition) is 3. The van der Waals surface area contributed by atoms with Crippen LogP contribution in [0, 0.1) is 5.92 Å². The van der Waals surface area contributed by atoms with Crippen molar-refractivity contribution in [2.75, 3.05) is 26.2 Å². The Morgan fingerprint density at radius 1 is 1.08 bits per heavy atom. The summed E-state index contributed by atoms with van der Waals surface area (Å²) in [5, 5.41) is 0. The van der Waals surface area contributed by atoms with Crippen molar-refractivity contribution in [1.82, 2.24) is 9.80 Å². The molecule has 0 bridgehead atoms. The van der Waals surface area contributed by atoms with Gasteiger partial charge in [-0.2, -0.15) is 13.2 Å². The van der Waals surface area contributed by atoms with Gasteiger partial charge in [0, 0.05) is 38.0 Å². The molecule has 1 aromatic rings. The number of halogens is 3. The number of rotatable bonds is 2. The van der Waals surface area contributed by atoms with Gasteiger partial charge in [-0.05, 0) is 31.4 Å². The fourth-order valence-corrected chi connectivity index (χ4v) is 3.48. The van der Waals surface area contributed by atoms with Gasteiger partial charge in [-0.15, -0.1) is 0 Å². The molecule has 2 aliphatic heterocycles. The number of hydrogen-bond donors (Lipinski definition) is 0. The highest BCUT2D eigenvalue weighted by atomic mass is 19.4. The quantitative estimate of drug-likeness (QED) is 0.828. The van der Waals surface area contributed by atoms with Gasteiger partial charge in [0.25, 0.3) is 0 Å². The highest BCUT2D eigenvalue weighted by Crippen LogP contribution is 2.30. The second-order valence-electron chi connectivity index (χ2n) is 6.35. The van der Waals surface area contributed by atoms with Gasteiger partial charge in [0.1, 0.15) is 5.76 Å². The third-order valence-electron chi connectivity index (χ3n) is 4.82. The molecule has 0 aliphatic carbocycles. The maximum absolute atomic E-state index is 12.6. The van der Waals surface area contributed by atoms with E-state index in [0.29, 0.717) is 13.1 Å². The second kappa shape index (κ2) is 6.49. The Labute approximate surface area is 137 Å². The molecule has 3 rings (SSSR count). The molecule has 0 spiro atoms. The molecular formula is C16H19F3N2O3. The zero-order valence-electron chi connectivity index (χ0n) is 13.1. The molecule has 0 aromatic carbocycles. The zero-order valence-corrected chi connectivity index (χ0v) is 13.1. The number of carbonyl (C=O) groups excluding carboxylic acids is 2. The summed E-state index contributed by atoms with van der Waals surface area (Å²) in [5.74, 6) is -1.11. The second-order valence-corrected chi connectivity index (χ2v) is 6.35. The van der Waals surface area contributed by atoms with Gasteiger partial charge in [-0.1, -0.05) is 0 Å². The molecule has 2 fully saturated rings. The molecule has 0 saturated carbocycles. The molecule has 1 aromatic heterocycles. The van der Waals surface area contributed by atoms with Crippen LogP contribution in [-0.4, -0.2) is 54.0 Å². The Hall–Kier alpha value is -1.99. The lowest BCUT2D eigenvalue weighted by molar-refractivity contribution is -0.187. The van der Waals surface area contributed by atoms with E-state index in [1.165, 1.54) is 0 Å². The fourth-order valence-electron chi connectivity index (χ4n) is 3.48. The van der Waals surface area contributed by atoms with Crippen LogP contribution in [0.15, 0.2) is 22.8 Å². The maximum Gasteiger partial charge on any atom is 0.471 e. The lowest BCUT2D eigenvalue weighted by atomic mass is 9.95. The van der Waals surface area contributed by atoms with Crippen LogP contribution in [0.2, 0.25) is 0 Å². The van der Waals surface area contributed by atoms with Gasteiger partial charge in [0.15, 0.2) is 0 Å². The average molecular weight is 344 g/mol. The molecule has 132 valence electrons. The Morgan fingerprint density at radius 3 is 2.33 bits per heavy atom. The Morgan fingerprint density at radius 2 is 1.75 bits per heavy atom. The van der Waals surface area contributed by atoms with Crippen LogP contribution in [0.4, 0.5) is 13.2 Å². The molecule has 2 amide bonds. The monoisotopic (exact) mass is 344 g/mol. The minimum Gasteiger partial charge on any atom is -0.469 e. The first-order valence-electron chi connectivity index (χ1n) is 8.04. The van der Waals surface area contributed by atoms with Crippen LogP contribution in [0.1, 0.15) is 30.9 Å². The third kappa shape index (κ3) is 3.42. The summed E-state index contributed by atoms with van der Waals surface area (Å²) in [4.78, 5) is 26.3. The molecule has 5 nitrogen and oxygen atoms in total. The van der Waals surface area contributed by atoms with E-state index in [-0.39, 0.29) is 43.7 Å². The lowest BCUT2D eigenvalue weighted by Gasteiger charge is -2.33. The fraction of sp³-hybridized carbons (Fsp3) is 0.625. The van der Waals surface area contributed by atoms with E-state index in [2.05, 4.69) is 0 Å². The normalized spacial score (nSPS) is 22.9. The summed E-state index contributed by atoms with van der Waals surface area (Å²) in [5.41, 5.74) is 0. The number of piperidine rings is 1. The number of furan rings is 1. The van der Waals surface area contributed by atoms with Crippen molar-refractivity contribution in [1.29, 1.82) is 0 Å². The summed E-state index contributed by atoms with van der Waals surface area (Å²) in [7, 11) is 0. The molecule has 0 N–H and O–H groups in total. The zero-order chi connectivity index (χ0) is 17.3. The van der Waals surface area contributed by atoms with Crippen molar-refractivity contribution >= 4 is 11.8 Å². The predicted molar refractivity (Wildman–Crippen MR) is 78.0 cm³/mol. The van der Waals surface area contributed by atoms with Gasteiger partial charge < -0.3 is 14.2 Å². The average Bonchev–Trinajstić information content (AvgIpc) is 3.23. The molecule has 1 unspecified atom stereocenters. The first-order chi connectivity index (χ1) is 11.4. The smallest absolute Gasteiger partial charge is 0.469 e. The standard InChI is InChI=1S/C16H19F3N2O3/c17-16(18,19)15(23)20-6-3-11(4-7-20)14(22)21-8-5-12(10-21)13-2-1-9-24-13/h1-2,9,11-12H,3-8,10H2. The van der Waals surface area contributed by atoms with E-state index in [1.54, 1.807) is 11.2 Å². The first kappa shape index (κ1) is 16.9. The van der Waals surface area contributed by atoms with E-state index < -0.39 is 12.1 Å². The first-order valence-corrected chi connectivity index (χ1v) is 8.04. The number of amides is 2. The number of alkyl halides is 3. The van der Waals surface area contributed by atoms with Crippen LogP contribution in [-0.2, 0) is 9.59 Å². The van der Waals surface area contributed by atoms with E-state index in [1.807, 2.05) is 12.1 Å². The Kier molecular flexibility index (Phi) is 4.56. The van der Waals surface area contributed by atoms with Crippen LogP contribution >= 0.6 is 0 Å². The van der Waals surface area contributed by atoms with E-state index in [9.17, 15) is 22.8 Å². The molecule has 24 heavy (non-hydrogen) atoms. The highest BCUT2D eigenvalue weighted by molar-refractivity contribution is 5.83. The summed E-state index contributed by atoms with van der Waals surface area (Å²) < 4.78 is 42.7. The lowest BCUT2D eigenvalue weighted by Crippen LogP contribution is -2.48. The number of likely N-dealkylation sites (tertiary alicyclic amines) is 2. The third-order valence-corrected chi connectivity index (χ3v) is 4.82. The minimum absolute atomic E-state index is 0.0236. The van der Waals surface area contributed by atoms with Gasteiger partial charge in [-0.3, -0.25) is 9.59 Å². The number of carbonyl (C=O) groups is 2. The molecule has 8 heteroatoms. The van der Waals surface area contributed by atoms with Gasteiger partial charge in [0.05, 0.1) is 6.26 Å². The molecule has 2 aliphatic rings. The van der Waals surface area contributed by atoms with Gasteiger partial charge in [-0.25, -0.2) is 0 Å². The molecule has 1 atom stereocenters. The van der Waals surface area contributed by atoms with Crippen molar-refractivity contribution in [3.05, 3.63) is 24.2 Å². The summed E-state index contributed by atoms with van der Waals surface area (Å²) in [6.45, 7) is 1.16. The van der Waals surface area contributed by atoms with E-state index in [4.69, 9.17) is 4.42 Å². The van der Waals surface area contributed by atoms with Crippen molar-refractivity contribution in [3.63, 3.8) is 0 Å². The van der Waals surface area contributed by atoms with E-state index in [0.717, 1.165) is 17.1 Å². The van der Waals surface area contributed by atoms with Crippen LogP contribution in [0.25, 0.3) is 0 Å². The topological polar surface area (TPSA) is 53.8 Å². The number of nitrogens with zero attached hydrogens (tertiary/aromatic N) is 2. The van der Waals surface area contributed by atoms with Crippen LogP contribution in [0.5, 0.6) is 0 Å². The predicted octanol–water partition coefficient (Wildman–Crippen LogP) is 2.40. The molecule has 0 radical (unpaired) electrons. The molecule has 2 saturated heterocycles. The maximum atomic E-state index is 12.6. The van der Waals surface area contributed by atoms with Gasteiger partial charge in [0.2, 0.25) is 5.91 Å². The van der Waals surface area contributed by atoms with Crippen molar-refractivity contribution in [2.24, 2.45) is 5.92 Å². The summed E-state index contributed by atoms with van der Waals surface area (Å²) >= 11 is 0. The Bertz CT molecular complexity index is 592. The summed E-state index contributed by atoms with van der Waals surface area (Å²) in [6, 6.07) is 3.70. The van der Waals surface area contributed by atoms with Crippen molar-refractivity contribution in [2.45, 2.75) is 31.4 Å². The minimum atomic E-state index is -4.85. The largest absolute Gasteiger partial charge is 0.471 e. The molecular weight excluding hydrogens is 325 g/mol. The highest BCUT2D eigenvalue weighted by Gasteiger charge is 2.44. The van der Waals surface area contributed by atoms with E-state index >= 15 is 0 Å². The van der Waals surface area contributed by atoms with Crippen LogP contribution in [0.3, 0.4) is 0 Å². The Balaban J connectivity index is 1.52. The van der Waals surface area contributed by atoms with Crippen LogP contribution < -0.4 is 0 Å². The van der Waals surface area contributed by atoms with Crippen molar-refractivity contribution < 1.29 is 27.2 Å². The van der Waals surface area contributed by atoms with Gasteiger partial charge >= 0.3 is 12.1 Å². The molecule has 3 heterocycles. The SMILES string of the molecule is O=C(C1CCN(C(=O)C(F)(F)F)CC1)N1CCC(c2ccco2)C1.